The van der Waals surface area contributed by atoms with E-state index in [-0.39, 0.29) is 0 Å². The van der Waals surface area contributed by atoms with Crippen LogP contribution in [0.5, 0.6) is 0 Å². The number of aryl methyl sites for hydroxylation is 1. The normalized spacial score (nSPS) is 10.7. The van der Waals surface area contributed by atoms with Crippen molar-refractivity contribution in [3.8, 4) is 11.1 Å². The summed E-state index contributed by atoms with van der Waals surface area (Å²) in [4.78, 5) is 0. The second-order valence-corrected chi connectivity index (χ2v) is 5.14. The molecule has 94 valence electrons. The van der Waals surface area contributed by atoms with Crippen LogP contribution in [0.15, 0.2) is 36.4 Å². The predicted molar refractivity (Wildman–Crippen MR) is 80.7 cm³/mol. The summed E-state index contributed by atoms with van der Waals surface area (Å²) in [5, 5.41) is 1.50. The summed E-state index contributed by atoms with van der Waals surface area (Å²) in [6.45, 7) is 4.21. The monoisotopic (exact) mass is 278 g/mol. The molecule has 0 amide bonds. The molecule has 0 fully saturated rings. The van der Waals surface area contributed by atoms with Crippen molar-refractivity contribution in [2.45, 2.75) is 26.7 Å². The standard InChI is InChI=1S/C16H16Cl2/c1-3-11-5-7-12(8-6-11)13-9-15(17)14(4-2)16(18)10-13/h5-10H,3-4H2,1-2H3. The summed E-state index contributed by atoms with van der Waals surface area (Å²) in [6.07, 6.45) is 1.91. The number of hydrogen-bond acceptors (Lipinski definition) is 0. The number of benzene rings is 2. The van der Waals surface area contributed by atoms with Gasteiger partial charge >= 0.3 is 0 Å². The highest BCUT2D eigenvalue weighted by molar-refractivity contribution is 6.36. The van der Waals surface area contributed by atoms with E-state index < -0.39 is 0 Å². The van der Waals surface area contributed by atoms with Crippen LogP contribution < -0.4 is 0 Å². The van der Waals surface area contributed by atoms with Crippen molar-refractivity contribution < 1.29 is 0 Å². The highest BCUT2D eigenvalue weighted by Gasteiger charge is 2.07. The summed E-state index contributed by atoms with van der Waals surface area (Å²) >= 11 is 12.5. The first-order valence-corrected chi connectivity index (χ1v) is 6.98. The third-order valence-corrected chi connectivity index (χ3v) is 3.86. The maximum atomic E-state index is 6.26. The van der Waals surface area contributed by atoms with Gasteiger partial charge in [0.25, 0.3) is 0 Å². The molecular formula is C16H16Cl2. The maximum Gasteiger partial charge on any atom is 0.0458 e. The van der Waals surface area contributed by atoms with Crippen molar-refractivity contribution in [1.82, 2.24) is 0 Å². The summed E-state index contributed by atoms with van der Waals surface area (Å²) in [5.74, 6) is 0. The zero-order valence-corrected chi connectivity index (χ0v) is 12.1. The van der Waals surface area contributed by atoms with E-state index in [1.807, 2.05) is 12.1 Å². The van der Waals surface area contributed by atoms with Crippen LogP contribution in [0.4, 0.5) is 0 Å². The van der Waals surface area contributed by atoms with Crippen LogP contribution in [0.2, 0.25) is 10.0 Å². The van der Waals surface area contributed by atoms with Gasteiger partial charge in [-0.05, 0) is 47.2 Å². The highest BCUT2D eigenvalue weighted by Crippen LogP contribution is 2.32. The third kappa shape index (κ3) is 2.71. The molecule has 0 atom stereocenters. The molecule has 0 aliphatic heterocycles. The molecule has 0 unspecified atom stereocenters. The Balaban J connectivity index is 2.44. The van der Waals surface area contributed by atoms with Gasteiger partial charge in [0.1, 0.15) is 0 Å². The smallest absolute Gasteiger partial charge is 0.0458 e. The van der Waals surface area contributed by atoms with Gasteiger partial charge in [-0.25, -0.2) is 0 Å². The molecule has 0 heterocycles. The molecule has 0 saturated heterocycles. The Morgan fingerprint density at radius 1 is 0.778 bits per heavy atom. The number of rotatable bonds is 3. The molecule has 0 spiro atoms. The quantitative estimate of drug-likeness (QED) is 0.667. The average Bonchev–Trinajstić information content (AvgIpc) is 2.38. The minimum absolute atomic E-state index is 0.750. The molecule has 0 aliphatic rings. The lowest BCUT2D eigenvalue weighted by atomic mass is 10.0. The zero-order valence-electron chi connectivity index (χ0n) is 10.6. The van der Waals surface area contributed by atoms with Gasteiger partial charge < -0.3 is 0 Å². The van der Waals surface area contributed by atoms with Gasteiger partial charge in [0.05, 0.1) is 0 Å². The molecule has 2 aromatic carbocycles. The molecule has 2 aromatic rings. The summed E-state index contributed by atoms with van der Waals surface area (Å²) in [6, 6.07) is 12.5. The fourth-order valence-corrected chi connectivity index (χ4v) is 2.79. The molecule has 2 heteroatoms. The Hall–Kier alpha value is -0.980. The van der Waals surface area contributed by atoms with Crippen LogP contribution in [0.25, 0.3) is 11.1 Å². The van der Waals surface area contributed by atoms with Crippen molar-refractivity contribution in [1.29, 1.82) is 0 Å². The van der Waals surface area contributed by atoms with Crippen molar-refractivity contribution in [3.63, 3.8) is 0 Å². The molecule has 18 heavy (non-hydrogen) atoms. The highest BCUT2D eigenvalue weighted by atomic mass is 35.5. The van der Waals surface area contributed by atoms with E-state index in [1.54, 1.807) is 0 Å². The molecule has 0 N–H and O–H groups in total. The Morgan fingerprint density at radius 2 is 1.33 bits per heavy atom. The topological polar surface area (TPSA) is 0 Å². The molecule has 2 rings (SSSR count). The summed E-state index contributed by atoms with van der Waals surface area (Å²) in [5.41, 5.74) is 4.58. The Morgan fingerprint density at radius 3 is 1.78 bits per heavy atom. The Labute approximate surface area is 119 Å². The van der Waals surface area contributed by atoms with E-state index in [4.69, 9.17) is 23.2 Å². The molecule has 0 saturated carbocycles. The van der Waals surface area contributed by atoms with E-state index in [9.17, 15) is 0 Å². The van der Waals surface area contributed by atoms with Crippen molar-refractivity contribution in [2.75, 3.05) is 0 Å². The van der Waals surface area contributed by atoms with Gasteiger partial charge in [0.15, 0.2) is 0 Å². The minimum Gasteiger partial charge on any atom is -0.0840 e. The predicted octanol–water partition coefficient (Wildman–Crippen LogP) is 5.79. The fourth-order valence-electron chi connectivity index (χ4n) is 2.04. The average molecular weight is 279 g/mol. The zero-order chi connectivity index (χ0) is 13.1. The molecule has 0 bridgehead atoms. The van der Waals surface area contributed by atoms with Crippen LogP contribution in [0.3, 0.4) is 0 Å². The lowest BCUT2D eigenvalue weighted by Crippen LogP contribution is -1.87. The molecule has 0 nitrogen and oxygen atoms in total. The third-order valence-electron chi connectivity index (χ3n) is 3.19. The van der Waals surface area contributed by atoms with Gasteiger partial charge in [-0.15, -0.1) is 0 Å². The first kappa shape index (κ1) is 13.5. The molecular weight excluding hydrogens is 263 g/mol. The lowest BCUT2D eigenvalue weighted by Gasteiger charge is -2.09. The molecule has 0 aliphatic carbocycles. The largest absolute Gasteiger partial charge is 0.0840 e. The first-order valence-electron chi connectivity index (χ1n) is 6.23. The van der Waals surface area contributed by atoms with Gasteiger partial charge in [-0.3, -0.25) is 0 Å². The Kier molecular flexibility index (Phi) is 4.31. The first-order chi connectivity index (χ1) is 8.65. The Bertz CT molecular complexity index is 519. The van der Waals surface area contributed by atoms with E-state index in [2.05, 4.69) is 38.1 Å². The van der Waals surface area contributed by atoms with Crippen LogP contribution in [-0.2, 0) is 12.8 Å². The molecule has 0 radical (unpaired) electrons. The van der Waals surface area contributed by atoms with E-state index in [0.29, 0.717) is 0 Å². The van der Waals surface area contributed by atoms with E-state index in [0.717, 1.165) is 39.6 Å². The van der Waals surface area contributed by atoms with Gasteiger partial charge in [0, 0.05) is 10.0 Å². The van der Waals surface area contributed by atoms with Crippen LogP contribution in [0.1, 0.15) is 25.0 Å². The van der Waals surface area contributed by atoms with Crippen molar-refractivity contribution in [2.24, 2.45) is 0 Å². The molecule has 0 aromatic heterocycles. The van der Waals surface area contributed by atoms with Crippen molar-refractivity contribution in [3.05, 3.63) is 57.6 Å². The van der Waals surface area contributed by atoms with Gasteiger partial charge in [0.2, 0.25) is 0 Å². The lowest BCUT2D eigenvalue weighted by molar-refractivity contribution is 1.14. The minimum atomic E-state index is 0.750. The van der Waals surface area contributed by atoms with Crippen LogP contribution in [0, 0.1) is 0 Å². The van der Waals surface area contributed by atoms with E-state index in [1.165, 1.54) is 5.56 Å². The fraction of sp³-hybridized carbons (Fsp3) is 0.250. The van der Waals surface area contributed by atoms with Crippen LogP contribution >= 0.6 is 23.2 Å². The van der Waals surface area contributed by atoms with Crippen molar-refractivity contribution >= 4 is 23.2 Å². The van der Waals surface area contributed by atoms with Gasteiger partial charge in [-0.2, -0.15) is 0 Å². The number of hydrogen-bond donors (Lipinski definition) is 0. The van der Waals surface area contributed by atoms with Gasteiger partial charge in [-0.1, -0.05) is 61.3 Å². The summed E-state index contributed by atoms with van der Waals surface area (Å²) < 4.78 is 0. The second kappa shape index (κ2) is 5.77. The maximum absolute atomic E-state index is 6.26. The SMILES string of the molecule is CCc1ccc(-c2cc(Cl)c(CC)c(Cl)c2)cc1. The second-order valence-electron chi connectivity index (χ2n) is 4.32. The van der Waals surface area contributed by atoms with E-state index >= 15 is 0 Å². The summed E-state index contributed by atoms with van der Waals surface area (Å²) in [7, 11) is 0. The van der Waals surface area contributed by atoms with Crippen LogP contribution in [-0.4, -0.2) is 0 Å². The number of halogens is 2.